The molecular formula is C22H25N3O4. The van der Waals surface area contributed by atoms with Crippen molar-refractivity contribution >= 4 is 22.8 Å². The maximum absolute atomic E-state index is 11.7. The van der Waals surface area contributed by atoms with Gasteiger partial charge < -0.3 is 18.9 Å². The minimum atomic E-state index is -0.309. The number of piperazine rings is 1. The van der Waals surface area contributed by atoms with Gasteiger partial charge in [0, 0.05) is 32.7 Å². The molecule has 7 nitrogen and oxygen atoms in total. The number of anilines is 1. The molecule has 1 aliphatic rings. The summed E-state index contributed by atoms with van der Waals surface area (Å²) in [5.41, 5.74) is 1.36. The smallest absolute Gasteiger partial charge is 0.338 e. The number of benzene rings is 2. The van der Waals surface area contributed by atoms with Crippen LogP contribution in [0.5, 0.6) is 5.75 Å². The van der Waals surface area contributed by atoms with Gasteiger partial charge in [-0.05, 0) is 43.3 Å². The van der Waals surface area contributed by atoms with E-state index in [1.54, 1.807) is 31.2 Å². The second-order valence-electron chi connectivity index (χ2n) is 6.92. The third-order valence-corrected chi connectivity index (χ3v) is 5.07. The Morgan fingerprint density at radius 2 is 1.83 bits per heavy atom. The van der Waals surface area contributed by atoms with E-state index in [2.05, 4.69) is 21.0 Å². The van der Waals surface area contributed by atoms with Crippen molar-refractivity contribution in [1.82, 2.24) is 10.1 Å². The first kappa shape index (κ1) is 19.3. The Labute approximate surface area is 169 Å². The van der Waals surface area contributed by atoms with Gasteiger partial charge in [-0.25, -0.2) is 4.79 Å². The van der Waals surface area contributed by atoms with Crippen LogP contribution in [0, 0.1) is 0 Å². The maximum Gasteiger partial charge on any atom is 0.338 e. The molecule has 4 rings (SSSR count). The molecule has 1 aromatic heterocycles. The van der Waals surface area contributed by atoms with Gasteiger partial charge in [0.25, 0.3) is 0 Å². The van der Waals surface area contributed by atoms with Crippen LogP contribution < -0.4 is 9.64 Å². The molecule has 0 unspecified atom stereocenters. The number of carbonyl (C=O) groups is 1. The van der Waals surface area contributed by atoms with Crippen LogP contribution in [0.15, 0.2) is 53.1 Å². The van der Waals surface area contributed by atoms with Crippen LogP contribution in [-0.4, -0.2) is 62.0 Å². The molecule has 0 saturated carbocycles. The Morgan fingerprint density at radius 1 is 1.07 bits per heavy atom. The number of nitrogens with zero attached hydrogens (tertiary/aromatic N) is 3. The van der Waals surface area contributed by atoms with Crippen molar-refractivity contribution in [3.63, 3.8) is 0 Å². The van der Waals surface area contributed by atoms with E-state index in [1.165, 1.54) is 0 Å². The standard InChI is InChI=1S/C22H25N3O4/c1-2-27-22(26)17-7-9-18(10-8-17)28-16-15-24-11-13-25(14-12-24)21-19-5-3-4-6-20(19)29-23-21/h3-10H,2,11-16H2,1H3. The Hall–Kier alpha value is -3.06. The molecule has 1 aliphatic heterocycles. The quantitative estimate of drug-likeness (QED) is 0.569. The van der Waals surface area contributed by atoms with Crippen LogP contribution in [0.25, 0.3) is 11.0 Å². The first-order valence-electron chi connectivity index (χ1n) is 9.96. The molecule has 0 bridgehead atoms. The number of hydrogen-bond acceptors (Lipinski definition) is 7. The Morgan fingerprint density at radius 3 is 2.59 bits per heavy atom. The summed E-state index contributed by atoms with van der Waals surface area (Å²) in [6.07, 6.45) is 0. The number of para-hydroxylation sites is 1. The highest BCUT2D eigenvalue weighted by Crippen LogP contribution is 2.26. The van der Waals surface area contributed by atoms with Crippen molar-refractivity contribution < 1.29 is 18.8 Å². The van der Waals surface area contributed by atoms with E-state index in [0.29, 0.717) is 18.8 Å². The summed E-state index contributed by atoms with van der Waals surface area (Å²) in [5.74, 6) is 1.38. The molecule has 3 aromatic rings. The number of ether oxygens (including phenoxy) is 2. The van der Waals surface area contributed by atoms with Gasteiger partial charge in [-0.1, -0.05) is 17.3 Å². The van der Waals surface area contributed by atoms with Crippen LogP contribution in [0.2, 0.25) is 0 Å². The summed E-state index contributed by atoms with van der Waals surface area (Å²) in [6.45, 7) is 7.34. The number of carbonyl (C=O) groups excluding carboxylic acids is 1. The summed E-state index contributed by atoms with van der Waals surface area (Å²) in [4.78, 5) is 16.3. The zero-order valence-corrected chi connectivity index (χ0v) is 16.5. The van der Waals surface area contributed by atoms with E-state index >= 15 is 0 Å². The van der Waals surface area contributed by atoms with Gasteiger partial charge in [-0.15, -0.1) is 0 Å². The van der Waals surface area contributed by atoms with Crippen molar-refractivity contribution in [2.24, 2.45) is 0 Å². The molecule has 2 heterocycles. The fourth-order valence-electron chi connectivity index (χ4n) is 3.48. The van der Waals surface area contributed by atoms with Crippen molar-refractivity contribution in [2.45, 2.75) is 6.92 Å². The largest absolute Gasteiger partial charge is 0.492 e. The maximum atomic E-state index is 11.7. The van der Waals surface area contributed by atoms with Crippen molar-refractivity contribution in [3.8, 4) is 5.75 Å². The topological polar surface area (TPSA) is 68.0 Å². The lowest BCUT2D eigenvalue weighted by Gasteiger charge is -2.34. The second kappa shape index (κ2) is 8.96. The summed E-state index contributed by atoms with van der Waals surface area (Å²) >= 11 is 0. The average molecular weight is 395 g/mol. The molecule has 0 aliphatic carbocycles. The van der Waals surface area contributed by atoms with Crippen LogP contribution in [-0.2, 0) is 4.74 Å². The van der Waals surface area contributed by atoms with E-state index in [4.69, 9.17) is 14.0 Å². The van der Waals surface area contributed by atoms with E-state index < -0.39 is 0 Å². The zero-order valence-electron chi connectivity index (χ0n) is 16.5. The van der Waals surface area contributed by atoms with Gasteiger partial charge in [-0.3, -0.25) is 4.90 Å². The molecule has 0 N–H and O–H groups in total. The number of hydrogen-bond donors (Lipinski definition) is 0. The van der Waals surface area contributed by atoms with Crippen LogP contribution in [0.3, 0.4) is 0 Å². The fraction of sp³-hybridized carbons (Fsp3) is 0.364. The SMILES string of the molecule is CCOC(=O)c1ccc(OCCN2CCN(c3noc4ccccc34)CC2)cc1. The average Bonchev–Trinajstić information content (AvgIpc) is 3.19. The number of esters is 1. The molecule has 152 valence electrons. The van der Waals surface area contributed by atoms with Gasteiger partial charge in [0.15, 0.2) is 11.4 Å². The highest BCUT2D eigenvalue weighted by Gasteiger charge is 2.21. The molecule has 1 fully saturated rings. The zero-order chi connectivity index (χ0) is 20.1. The summed E-state index contributed by atoms with van der Waals surface area (Å²) in [7, 11) is 0. The predicted octanol–water partition coefficient (Wildman–Crippen LogP) is 3.21. The van der Waals surface area contributed by atoms with E-state index in [9.17, 15) is 4.79 Å². The first-order chi connectivity index (χ1) is 14.2. The molecule has 0 atom stereocenters. The lowest BCUT2D eigenvalue weighted by Crippen LogP contribution is -2.47. The van der Waals surface area contributed by atoms with Crippen LogP contribution in [0.4, 0.5) is 5.82 Å². The van der Waals surface area contributed by atoms with Gasteiger partial charge in [-0.2, -0.15) is 0 Å². The lowest BCUT2D eigenvalue weighted by atomic mass is 10.2. The minimum Gasteiger partial charge on any atom is -0.492 e. The minimum absolute atomic E-state index is 0.309. The monoisotopic (exact) mass is 395 g/mol. The lowest BCUT2D eigenvalue weighted by molar-refractivity contribution is 0.0526. The van der Waals surface area contributed by atoms with Crippen molar-refractivity contribution in [1.29, 1.82) is 0 Å². The molecule has 2 aromatic carbocycles. The third kappa shape index (κ3) is 4.51. The number of aromatic nitrogens is 1. The summed E-state index contributed by atoms with van der Waals surface area (Å²) in [6, 6.07) is 15.0. The predicted molar refractivity (Wildman–Crippen MR) is 111 cm³/mol. The number of rotatable bonds is 7. The van der Waals surface area contributed by atoms with Crippen LogP contribution >= 0.6 is 0 Å². The highest BCUT2D eigenvalue weighted by atomic mass is 16.5. The van der Waals surface area contributed by atoms with Crippen LogP contribution in [0.1, 0.15) is 17.3 Å². The highest BCUT2D eigenvalue weighted by molar-refractivity contribution is 5.89. The van der Waals surface area contributed by atoms with Crippen molar-refractivity contribution in [2.75, 3.05) is 50.8 Å². The Balaban J connectivity index is 1.23. The summed E-state index contributed by atoms with van der Waals surface area (Å²) in [5, 5.41) is 5.32. The molecule has 0 spiro atoms. The molecule has 29 heavy (non-hydrogen) atoms. The van der Waals surface area contributed by atoms with Gasteiger partial charge in [0.2, 0.25) is 0 Å². The molecule has 0 amide bonds. The molecular weight excluding hydrogens is 370 g/mol. The summed E-state index contributed by atoms with van der Waals surface area (Å²) < 4.78 is 16.2. The fourth-order valence-corrected chi connectivity index (χ4v) is 3.48. The van der Waals surface area contributed by atoms with Gasteiger partial charge in [0.05, 0.1) is 17.6 Å². The number of fused-ring (bicyclic) bond motifs is 1. The van der Waals surface area contributed by atoms with Crippen molar-refractivity contribution in [3.05, 3.63) is 54.1 Å². The molecule has 7 heteroatoms. The van der Waals surface area contributed by atoms with Gasteiger partial charge in [0.1, 0.15) is 12.4 Å². The van der Waals surface area contributed by atoms with E-state index in [1.807, 2.05) is 18.2 Å². The normalized spacial score (nSPS) is 14.9. The van der Waals surface area contributed by atoms with E-state index in [0.717, 1.165) is 55.3 Å². The second-order valence-corrected chi connectivity index (χ2v) is 6.92. The molecule has 1 saturated heterocycles. The third-order valence-electron chi connectivity index (χ3n) is 5.07. The Bertz CT molecular complexity index is 946. The van der Waals surface area contributed by atoms with E-state index in [-0.39, 0.29) is 5.97 Å². The Kier molecular flexibility index (Phi) is 5.95. The first-order valence-corrected chi connectivity index (χ1v) is 9.96. The van der Waals surface area contributed by atoms with Gasteiger partial charge >= 0.3 is 5.97 Å². The molecule has 0 radical (unpaired) electrons.